The van der Waals surface area contributed by atoms with E-state index < -0.39 is 0 Å². The Morgan fingerprint density at radius 3 is 2.40 bits per heavy atom. The molecule has 56 valence electrons. The Bertz CT molecular complexity index is 180. The minimum atomic E-state index is 0.548. The van der Waals surface area contributed by atoms with E-state index in [1.54, 1.807) is 0 Å². The maximum absolute atomic E-state index is 5.72. The lowest BCUT2D eigenvalue weighted by molar-refractivity contribution is 0.561. The standard InChI is InChI=1S/C8H10Cl2/c9-8(10)7-4-5-1-2-6(7)3-5/h5-6H,1-4H2. The Balaban J connectivity index is 2.23. The van der Waals surface area contributed by atoms with Gasteiger partial charge in [-0.05, 0) is 43.1 Å². The van der Waals surface area contributed by atoms with E-state index in [9.17, 15) is 0 Å². The smallest absolute Gasteiger partial charge is 0.0709 e. The highest BCUT2D eigenvalue weighted by atomic mass is 35.5. The van der Waals surface area contributed by atoms with Crippen molar-refractivity contribution in [3.63, 3.8) is 0 Å². The third kappa shape index (κ3) is 0.981. The van der Waals surface area contributed by atoms with Crippen molar-refractivity contribution < 1.29 is 0 Å². The van der Waals surface area contributed by atoms with Crippen LogP contribution in [0.15, 0.2) is 10.1 Å². The first-order chi connectivity index (χ1) is 4.77. The topological polar surface area (TPSA) is 0 Å². The Morgan fingerprint density at radius 1 is 1.30 bits per heavy atom. The molecule has 2 rings (SSSR count). The summed E-state index contributed by atoms with van der Waals surface area (Å²) in [6.07, 6.45) is 5.24. The summed E-state index contributed by atoms with van der Waals surface area (Å²) in [5.41, 5.74) is 1.33. The van der Waals surface area contributed by atoms with Crippen LogP contribution in [0.5, 0.6) is 0 Å². The molecule has 2 fully saturated rings. The summed E-state index contributed by atoms with van der Waals surface area (Å²) in [4.78, 5) is 0. The minimum absolute atomic E-state index is 0.548. The van der Waals surface area contributed by atoms with Crippen molar-refractivity contribution in [3.05, 3.63) is 10.1 Å². The minimum Gasteiger partial charge on any atom is -0.0709 e. The average molecular weight is 177 g/mol. The predicted octanol–water partition coefficient (Wildman–Crippen LogP) is 3.50. The highest BCUT2D eigenvalue weighted by molar-refractivity contribution is 6.56. The van der Waals surface area contributed by atoms with Crippen molar-refractivity contribution in [3.8, 4) is 0 Å². The molecule has 0 aliphatic heterocycles. The molecule has 0 aromatic heterocycles. The summed E-state index contributed by atoms with van der Waals surface area (Å²) in [7, 11) is 0. The lowest BCUT2D eigenvalue weighted by Crippen LogP contribution is -1.97. The van der Waals surface area contributed by atoms with Gasteiger partial charge in [0.2, 0.25) is 0 Å². The molecule has 2 bridgehead atoms. The molecule has 2 atom stereocenters. The summed E-state index contributed by atoms with van der Waals surface area (Å²) >= 11 is 11.4. The Morgan fingerprint density at radius 2 is 2.10 bits per heavy atom. The van der Waals surface area contributed by atoms with Gasteiger partial charge in [0.1, 0.15) is 4.49 Å². The molecule has 0 heterocycles. The number of allylic oxidation sites excluding steroid dienone is 1. The largest absolute Gasteiger partial charge is 0.106 e. The average Bonchev–Trinajstić information content (AvgIpc) is 2.44. The predicted molar refractivity (Wildman–Crippen MR) is 44.2 cm³/mol. The van der Waals surface area contributed by atoms with Crippen LogP contribution in [0.25, 0.3) is 0 Å². The molecule has 2 heteroatoms. The van der Waals surface area contributed by atoms with E-state index >= 15 is 0 Å². The van der Waals surface area contributed by atoms with E-state index in [0.717, 1.165) is 11.8 Å². The second kappa shape index (κ2) is 2.42. The fourth-order valence-electron chi connectivity index (χ4n) is 2.29. The second-order valence-corrected chi connectivity index (χ2v) is 4.32. The van der Waals surface area contributed by atoms with Crippen molar-refractivity contribution in [2.75, 3.05) is 0 Å². The Labute approximate surface area is 71.2 Å². The van der Waals surface area contributed by atoms with Crippen LogP contribution in [0, 0.1) is 11.8 Å². The fraction of sp³-hybridized carbons (Fsp3) is 0.750. The van der Waals surface area contributed by atoms with E-state index in [1.807, 2.05) is 0 Å². The summed E-state index contributed by atoms with van der Waals surface area (Å²) in [5.74, 6) is 1.66. The number of halogens is 2. The normalized spacial score (nSPS) is 37.2. The van der Waals surface area contributed by atoms with Gasteiger partial charge in [0, 0.05) is 0 Å². The molecule has 0 saturated heterocycles. The first kappa shape index (κ1) is 7.00. The third-order valence-electron chi connectivity index (χ3n) is 2.79. The van der Waals surface area contributed by atoms with E-state index in [4.69, 9.17) is 23.2 Å². The Kier molecular flexibility index (Phi) is 1.69. The number of hydrogen-bond donors (Lipinski definition) is 0. The van der Waals surface area contributed by atoms with Gasteiger partial charge in [-0.1, -0.05) is 23.2 Å². The number of fused-ring (bicyclic) bond motifs is 2. The fourth-order valence-corrected chi connectivity index (χ4v) is 2.75. The van der Waals surface area contributed by atoms with Gasteiger partial charge in [-0.15, -0.1) is 0 Å². The zero-order valence-electron chi connectivity index (χ0n) is 5.74. The van der Waals surface area contributed by atoms with Gasteiger partial charge in [0.05, 0.1) is 0 Å². The molecule has 10 heavy (non-hydrogen) atoms. The SMILES string of the molecule is ClC(Cl)=C1CC2CCC1C2. The molecule has 0 N–H and O–H groups in total. The van der Waals surface area contributed by atoms with Crippen LogP contribution in [0.1, 0.15) is 25.7 Å². The molecular formula is C8H10Cl2. The first-order valence-corrected chi connectivity index (χ1v) is 4.57. The Hall–Kier alpha value is 0.320. The molecule has 0 amide bonds. The number of hydrogen-bond acceptors (Lipinski definition) is 0. The van der Waals surface area contributed by atoms with Crippen LogP contribution in [0.3, 0.4) is 0 Å². The van der Waals surface area contributed by atoms with E-state index in [2.05, 4.69) is 0 Å². The van der Waals surface area contributed by atoms with Crippen LogP contribution in [-0.4, -0.2) is 0 Å². The van der Waals surface area contributed by atoms with Gasteiger partial charge in [-0.25, -0.2) is 0 Å². The lowest BCUT2D eigenvalue weighted by atomic mass is 9.96. The van der Waals surface area contributed by atoms with Gasteiger partial charge >= 0.3 is 0 Å². The zero-order chi connectivity index (χ0) is 7.14. The van der Waals surface area contributed by atoms with E-state index in [-0.39, 0.29) is 0 Å². The summed E-state index contributed by atoms with van der Waals surface area (Å²) in [6, 6.07) is 0. The number of rotatable bonds is 0. The third-order valence-corrected chi connectivity index (χ3v) is 3.27. The van der Waals surface area contributed by atoms with E-state index in [1.165, 1.54) is 31.3 Å². The first-order valence-electron chi connectivity index (χ1n) is 3.81. The van der Waals surface area contributed by atoms with Crippen LogP contribution in [-0.2, 0) is 0 Å². The maximum Gasteiger partial charge on any atom is 0.106 e. The van der Waals surface area contributed by atoms with Crippen molar-refractivity contribution in [1.29, 1.82) is 0 Å². The second-order valence-electron chi connectivity index (χ2n) is 3.37. The van der Waals surface area contributed by atoms with E-state index in [0.29, 0.717) is 4.49 Å². The maximum atomic E-state index is 5.72. The van der Waals surface area contributed by atoms with Gasteiger partial charge < -0.3 is 0 Å². The molecule has 0 spiro atoms. The summed E-state index contributed by atoms with van der Waals surface area (Å²) in [5, 5.41) is 0. The lowest BCUT2D eigenvalue weighted by Gasteiger charge is -2.12. The van der Waals surface area contributed by atoms with Gasteiger partial charge in [-0.3, -0.25) is 0 Å². The van der Waals surface area contributed by atoms with Gasteiger partial charge in [0.25, 0.3) is 0 Å². The molecule has 0 radical (unpaired) electrons. The van der Waals surface area contributed by atoms with Crippen LogP contribution in [0.2, 0.25) is 0 Å². The van der Waals surface area contributed by atoms with Crippen molar-refractivity contribution >= 4 is 23.2 Å². The molecule has 2 saturated carbocycles. The molecule has 2 aliphatic carbocycles. The van der Waals surface area contributed by atoms with Crippen LogP contribution < -0.4 is 0 Å². The zero-order valence-corrected chi connectivity index (χ0v) is 7.25. The van der Waals surface area contributed by atoms with Gasteiger partial charge in [-0.2, -0.15) is 0 Å². The van der Waals surface area contributed by atoms with Crippen molar-refractivity contribution in [2.24, 2.45) is 11.8 Å². The summed E-state index contributed by atoms with van der Waals surface area (Å²) in [6.45, 7) is 0. The molecule has 0 aromatic rings. The highest BCUT2D eigenvalue weighted by Gasteiger charge is 2.36. The highest BCUT2D eigenvalue weighted by Crippen LogP contribution is 2.50. The molecule has 0 nitrogen and oxygen atoms in total. The van der Waals surface area contributed by atoms with Crippen LogP contribution >= 0.6 is 23.2 Å². The van der Waals surface area contributed by atoms with Crippen molar-refractivity contribution in [2.45, 2.75) is 25.7 Å². The molecule has 2 unspecified atom stereocenters. The molecular weight excluding hydrogens is 167 g/mol. The molecule has 0 aromatic carbocycles. The van der Waals surface area contributed by atoms with Crippen molar-refractivity contribution in [1.82, 2.24) is 0 Å². The van der Waals surface area contributed by atoms with Gasteiger partial charge in [0.15, 0.2) is 0 Å². The molecule has 2 aliphatic rings. The monoisotopic (exact) mass is 176 g/mol. The quantitative estimate of drug-likeness (QED) is 0.531. The van der Waals surface area contributed by atoms with Crippen LogP contribution in [0.4, 0.5) is 0 Å². The summed E-state index contributed by atoms with van der Waals surface area (Å²) < 4.78 is 0.548.